The number of halogens is 2. The lowest BCUT2D eigenvalue weighted by molar-refractivity contribution is 0.188. The highest BCUT2D eigenvalue weighted by Gasteiger charge is 2.27. The second-order valence-corrected chi connectivity index (χ2v) is 2.66. The van der Waals surface area contributed by atoms with Gasteiger partial charge in [-0.2, -0.15) is 17.2 Å². The van der Waals surface area contributed by atoms with Gasteiger partial charge in [0.1, 0.15) is 0 Å². The zero-order chi connectivity index (χ0) is 8.36. The van der Waals surface area contributed by atoms with Gasteiger partial charge in [0.2, 0.25) is 0 Å². The maximum Gasteiger partial charge on any atom is 0.420 e. The van der Waals surface area contributed by atoms with Crippen molar-refractivity contribution in [2.75, 3.05) is 0 Å². The topological polar surface area (TPSA) is 86.5 Å². The number of carbonyl (C=O) groups excluding carboxylic acids is 1. The van der Waals surface area contributed by atoms with Crippen LogP contribution in [0.4, 0.5) is 13.6 Å². The van der Waals surface area contributed by atoms with Crippen LogP contribution in [0, 0.1) is 0 Å². The molecule has 0 fully saturated rings. The van der Waals surface area contributed by atoms with Crippen molar-refractivity contribution in [1.82, 2.24) is 0 Å². The minimum Gasteiger partial charge on any atom is -0.334 e. The first-order valence-electron chi connectivity index (χ1n) is 1.87. The summed E-state index contributed by atoms with van der Waals surface area (Å²) in [6.07, 6.45) is -1.78. The molecule has 0 aromatic rings. The van der Waals surface area contributed by atoms with Crippen molar-refractivity contribution >= 4 is 16.2 Å². The Bertz CT molecular complexity index is 221. The number of rotatable bonds is 2. The number of hydrogen-bond acceptors (Lipinski definition) is 4. The minimum absolute atomic E-state index is 1.78. The number of hydrogen-bond donors (Lipinski definition) is 1. The molecule has 1 amide bonds. The Morgan fingerprint density at radius 2 is 1.90 bits per heavy atom. The fraction of sp³-hybridized carbons (Fsp3) is 0.500. The summed E-state index contributed by atoms with van der Waals surface area (Å²) < 4.78 is 45.3. The molecule has 0 bridgehead atoms. The molecule has 60 valence electrons. The maximum absolute atomic E-state index is 11.3. The molecule has 0 spiro atoms. The molecule has 8 heteroatoms. The molecular weight excluding hydrogens is 172 g/mol. The zero-order valence-electron chi connectivity index (χ0n) is 4.45. The van der Waals surface area contributed by atoms with Gasteiger partial charge < -0.3 is 9.92 Å². The standard InChI is InChI=1S/C2H3F2NO4S/c3-1(4)10(7,8)9-2(5)6/h1H,(H2,5,6). The Labute approximate surface area is 54.9 Å². The number of alkyl halides is 2. The van der Waals surface area contributed by atoms with Gasteiger partial charge in [0.25, 0.3) is 0 Å². The molecular formula is C2H3F2NO4S. The Morgan fingerprint density at radius 3 is 2.00 bits per heavy atom. The van der Waals surface area contributed by atoms with E-state index in [9.17, 15) is 22.0 Å². The predicted octanol–water partition coefficient (Wildman–Crippen LogP) is -0.366. The van der Waals surface area contributed by atoms with Crippen LogP contribution in [0.25, 0.3) is 0 Å². The molecule has 0 unspecified atom stereocenters. The molecule has 10 heavy (non-hydrogen) atoms. The Hall–Kier alpha value is -0.920. The Morgan fingerprint density at radius 1 is 1.50 bits per heavy atom. The van der Waals surface area contributed by atoms with Gasteiger partial charge in [-0.15, -0.1) is 0 Å². The molecule has 0 aliphatic heterocycles. The molecule has 0 aromatic heterocycles. The van der Waals surface area contributed by atoms with Crippen molar-refractivity contribution in [2.45, 2.75) is 5.76 Å². The third kappa shape index (κ3) is 2.58. The first-order valence-corrected chi connectivity index (χ1v) is 3.34. The number of primary amides is 1. The van der Waals surface area contributed by atoms with Crippen molar-refractivity contribution in [3.63, 3.8) is 0 Å². The van der Waals surface area contributed by atoms with E-state index in [1.165, 1.54) is 0 Å². The normalized spacial score (nSPS) is 11.5. The van der Waals surface area contributed by atoms with Crippen molar-refractivity contribution in [2.24, 2.45) is 5.73 Å². The van der Waals surface area contributed by atoms with Gasteiger partial charge in [-0.3, -0.25) is 0 Å². The van der Waals surface area contributed by atoms with E-state index in [2.05, 4.69) is 9.92 Å². The average molecular weight is 175 g/mol. The van der Waals surface area contributed by atoms with Crippen LogP contribution in [-0.2, 0) is 14.3 Å². The highest BCUT2D eigenvalue weighted by Crippen LogP contribution is 2.05. The fourth-order valence-corrected chi connectivity index (χ4v) is 0.453. The van der Waals surface area contributed by atoms with Crippen LogP contribution in [0.3, 0.4) is 0 Å². The molecule has 0 atom stereocenters. The molecule has 0 aliphatic carbocycles. The summed E-state index contributed by atoms with van der Waals surface area (Å²) in [5.41, 5.74) is 4.14. The van der Waals surface area contributed by atoms with Crippen LogP contribution in [0.1, 0.15) is 0 Å². The maximum atomic E-state index is 11.3. The summed E-state index contributed by atoms with van der Waals surface area (Å²) in [7, 11) is -5.11. The number of carbonyl (C=O) groups is 1. The highest BCUT2D eigenvalue weighted by molar-refractivity contribution is 7.87. The molecule has 5 nitrogen and oxygen atoms in total. The molecule has 0 heterocycles. The summed E-state index contributed by atoms with van der Waals surface area (Å²) in [6.45, 7) is 0. The lowest BCUT2D eigenvalue weighted by Crippen LogP contribution is -2.23. The van der Waals surface area contributed by atoms with Crippen molar-refractivity contribution in [3.05, 3.63) is 0 Å². The summed E-state index contributed by atoms with van der Waals surface area (Å²) in [5, 5.41) is 0. The SMILES string of the molecule is NC(=O)OS(=O)(=O)C(F)F. The third-order valence-electron chi connectivity index (χ3n) is 0.417. The number of amides is 1. The molecule has 0 saturated carbocycles. The molecule has 0 aliphatic rings. The lowest BCUT2D eigenvalue weighted by atomic mass is 11.3. The van der Waals surface area contributed by atoms with Crippen molar-refractivity contribution in [3.8, 4) is 0 Å². The summed E-state index contributed by atoms with van der Waals surface area (Å²) in [5.74, 6) is -3.75. The molecule has 0 rings (SSSR count). The number of nitrogens with two attached hydrogens (primary N) is 1. The van der Waals surface area contributed by atoms with Gasteiger partial charge in [0, 0.05) is 0 Å². The summed E-state index contributed by atoms with van der Waals surface area (Å²) in [4.78, 5) is 9.61. The van der Waals surface area contributed by atoms with E-state index in [1.807, 2.05) is 0 Å². The van der Waals surface area contributed by atoms with E-state index in [0.717, 1.165) is 0 Å². The van der Waals surface area contributed by atoms with Crippen LogP contribution in [-0.4, -0.2) is 20.3 Å². The fourth-order valence-electron chi connectivity index (χ4n) is 0.151. The highest BCUT2D eigenvalue weighted by atomic mass is 32.2. The van der Waals surface area contributed by atoms with E-state index in [-0.39, 0.29) is 0 Å². The van der Waals surface area contributed by atoms with Crippen molar-refractivity contribution in [1.29, 1.82) is 0 Å². The first kappa shape index (κ1) is 9.08. The van der Waals surface area contributed by atoms with E-state index in [0.29, 0.717) is 0 Å². The van der Waals surface area contributed by atoms with E-state index in [1.54, 1.807) is 0 Å². The van der Waals surface area contributed by atoms with E-state index >= 15 is 0 Å². The van der Waals surface area contributed by atoms with Gasteiger partial charge in [-0.25, -0.2) is 4.79 Å². The van der Waals surface area contributed by atoms with Crippen molar-refractivity contribution < 1.29 is 26.2 Å². The van der Waals surface area contributed by atoms with E-state index in [4.69, 9.17) is 0 Å². The second kappa shape index (κ2) is 2.78. The van der Waals surface area contributed by atoms with E-state index < -0.39 is 22.0 Å². The van der Waals surface area contributed by atoms with Gasteiger partial charge in [-0.1, -0.05) is 0 Å². The van der Waals surface area contributed by atoms with Crippen LogP contribution in [0.5, 0.6) is 0 Å². The largest absolute Gasteiger partial charge is 0.420 e. The second-order valence-electron chi connectivity index (χ2n) is 1.16. The lowest BCUT2D eigenvalue weighted by Gasteiger charge is -1.98. The van der Waals surface area contributed by atoms with Crippen LogP contribution in [0.15, 0.2) is 0 Å². The molecule has 0 radical (unpaired) electrons. The molecule has 2 N–H and O–H groups in total. The average Bonchev–Trinajstić information content (AvgIpc) is 1.60. The molecule has 0 aromatic carbocycles. The predicted molar refractivity (Wildman–Crippen MR) is 25.6 cm³/mol. The van der Waals surface area contributed by atoms with Crippen LogP contribution in [0.2, 0.25) is 0 Å². The van der Waals surface area contributed by atoms with Gasteiger partial charge in [-0.05, 0) is 0 Å². The Kier molecular flexibility index (Phi) is 2.52. The Balaban J connectivity index is 4.31. The van der Waals surface area contributed by atoms with Gasteiger partial charge in [0.15, 0.2) is 0 Å². The first-order chi connectivity index (χ1) is 4.36. The van der Waals surface area contributed by atoms with Crippen LogP contribution >= 0.6 is 0 Å². The third-order valence-corrected chi connectivity index (χ3v) is 1.25. The van der Waals surface area contributed by atoms with Gasteiger partial charge >= 0.3 is 22.0 Å². The minimum atomic E-state index is -5.11. The quantitative estimate of drug-likeness (QED) is 0.580. The smallest absolute Gasteiger partial charge is 0.334 e. The summed E-state index contributed by atoms with van der Waals surface area (Å²) in [6, 6.07) is 0. The van der Waals surface area contributed by atoms with Crippen LogP contribution < -0.4 is 5.73 Å². The molecule has 0 saturated heterocycles. The summed E-state index contributed by atoms with van der Waals surface area (Å²) >= 11 is 0. The van der Waals surface area contributed by atoms with Gasteiger partial charge in [0.05, 0.1) is 0 Å². The zero-order valence-corrected chi connectivity index (χ0v) is 5.27. The monoisotopic (exact) mass is 175 g/mol.